The summed E-state index contributed by atoms with van der Waals surface area (Å²) in [5, 5.41) is 8.74. The summed E-state index contributed by atoms with van der Waals surface area (Å²) in [5.74, 6) is -2.01. The van der Waals surface area contributed by atoms with E-state index in [-0.39, 0.29) is 11.3 Å². The van der Waals surface area contributed by atoms with Crippen LogP contribution in [0.2, 0.25) is 0 Å². The lowest BCUT2D eigenvalue weighted by Crippen LogP contribution is -2.14. The van der Waals surface area contributed by atoms with Gasteiger partial charge in [-0.15, -0.1) is 0 Å². The summed E-state index contributed by atoms with van der Waals surface area (Å²) in [7, 11) is 2.80. The van der Waals surface area contributed by atoms with E-state index < -0.39 is 11.8 Å². The van der Waals surface area contributed by atoms with E-state index in [4.69, 9.17) is 14.6 Å². The Kier molecular flexibility index (Phi) is 4.09. The third-order valence-electron chi connectivity index (χ3n) is 2.39. The highest BCUT2D eigenvalue weighted by Crippen LogP contribution is 2.33. The number of carbonyl (C=O) groups excluding carboxylic acids is 1. The van der Waals surface area contributed by atoms with Gasteiger partial charge in [-0.3, -0.25) is 4.79 Å². The predicted molar refractivity (Wildman–Crippen MR) is 60.9 cm³/mol. The number of ether oxygens (including phenoxy) is 2. The lowest BCUT2D eigenvalue weighted by Gasteiger charge is -2.12. The number of benzene rings is 1. The Balaban J connectivity index is 3.44. The van der Waals surface area contributed by atoms with Crippen molar-refractivity contribution in [2.45, 2.75) is 13.3 Å². The van der Waals surface area contributed by atoms with Crippen LogP contribution in [-0.4, -0.2) is 31.1 Å². The first-order valence-electron chi connectivity index (χ1n) is 5.07. The van der Waals surface area contributed by atoms with Gasteiger partial charge >= 0.3 is 5.97 Å². The van der Waals surface area contributed by atoms with Crippen molar-refractivity contribution in [3.8, 4) is 11.5 Å². The minimum absolute atomic E-state index is 0.0104. The zero-order chi connectivity index (χ0) is 13.0. The van der Waals surface area contributed by atoms with Gasteiger partial charge in [-0.05, 0) is 24.1 Å². The molecule has 1 aromatic rings. The maximum absolute atomic E-state index is 11.5. The Labute approximate surface area is 99.0 Å². The molecule has 0 saturated heterocycles. The molecule has 1 N–H and O–H groups in total. The van der Waals surface area contributed by atoms with E-state index >= 15 is 0 Å². The van der Waals surface area contributed by atoms with Crippen LogP contribution in [0.25, 0.3) is 0 Å². The minimum Gasteiger partial charge on any atom is -0.493 e. The molecule has 0 amide bonds. The van der Waals surface area contributed by atoms with Gasteiger partial charge in [-0.2, -0.15) is 0 Å². The SMILES string of the molecule is CCc1cc(OC)c(OC)c(C(=O)C(=O)O)c1. The van der Waals surface area contributed by atoms with Gasteiger partial charge in [0.15, 0.2) is 11.5 Å². The smallest absolute Gasteiger partial charge is 0.377 e. The van der Waals surface area contributed by atoms with Crippen molar-refractivity contribution in [2.75, 3.05) is 14.2 Å². The summed E-state index contributed by atoms with van der Waals surface area (Å²) in [6.07, 6.45) is 0.667. The summed E-state index contributed by atoms with van der Waals surface area (Å²) in [6, 6.07) is 3.23. The standard InChI is InChI=1S/C12H14O5/c1-4-7-5-8(10(13)12(14)15)11(17-3)9(6-7)16-2/h5-6H,4H2,1-3H3,(H,14,15). The molecule has 0 atom stereocenters. The molecule has 0 aliphatic carbocycles. The Bertz CT molecular complexity index is 450. The van der Waals surface area contributed by atoms with Crippen LogP contribution >= 0.6 is 0 Å². The Hall–Kier alpha value is -2.04. The summed E-state index contributed by atoms with van der Waals surface area (Å²) >= 11 is 0. The molecule has 0 aromatic heterocycles. The first kappa shape index (κ1) is 13.0. The fourth-order valence-corrected chi connectivity index (χ4v) is 1.51. The number of rotatable bonds is 5. The van der Waals surface area contributed by atoms with Crippen LogP contribution in [0.5, 0.6) is 11.5 Å². The van der Waals surface area contributed by atoms with Crippen molar-refractivity contribution in [2.24, 2.45) is 0 Å². The molecule has 1 aromatic carbocycles. The number of carboxylic acid groups (broad SMARTS) is 1. The second-order valence-electron chi connectivity index (χ2n) is 3.37. The number of aryl methyl sites for hydroxylation is 1. The van der Waals surface area contributed by atoms with Crippen molar-refractivity contribution in [1.82, 2.24) is 0 Å². The van der Waals surface area contributed by atoms with E-state index in [0.29, 0.717) is 12.2 Å². The summed E-state index contributed by atoms with van der Waals surface area (Å²) in [4.78, 5) is 22.2. The number of carboxylic acids is 1. The van der Waals surface area contributed by atoms with Crippen LogP contribution in [-0.2, 0) is 11.2 Å². The predicted octanol–water partition coefficient (Wildman–Crippen LogP) is 1.53. The molecule has 92 valence electrons. The molecule has 0 heterocycles. The monoisotopic (exact) mass is 238 g/mol. The third-order valence-corrected chi connectivity index (χ3v) is 2.39. The second kappa shape index (κ2) is 5.34. The molecule has 0 aliphatic rings. The molecular formula is C12H14O5. The average Bonchev–Trinajstić information content (AvgIpc) is 2.35. The molecule has 5 nitrogen and oxygen atoms in total. The van der Waals surface area contributed by atoms with E-state index in [0.717, 1.165) is 5.56 Å². The molecule has 0 saturated carbocycles. The van der Waals surface area contributed by atoms with Crippen molar-refractivity contribution in [3.63, 3.8) is 0 Å². The minimum atomic E-state index is -1.52. The van der Waals surface area contributed by atoms with Crippen molar-refractivity contribution >= 4 is 11.8 Å². The van der Waals surface area contributed by atoms with E-state index in [1.807, 2.05) is 6.92 Å². The molecule has 17 heavy (non-hydrogen) atoms. The third kappa shape index (κ3) is 2.55. The maximum atomic E-state index is 11.5. The van der Waals surface area contributed by atoms with Crippen LogP contribution in [0.3, 0.4) is 0 Å². The number of ketones is 1. The first-order valence-corrected chi connectivity index (χ1v) is 5.07. The summed E-state index contributed by atoms with van der Waals surface area (Å²) < 4.78 is 10.1. The van der Waals surface area contributed by atoms with Gasteiger partial charge in [-0.1, -0.05) is 6.92 Å². The molecule has 0 bridgehead atoms. The summed E-state index contributed by atoms with van der Waals surface area (Å²) in [6.45, 7) is 1.90. The van der Waals surface area contributed by atoms with E-state index in [1.54, 1.807) is 6.07 Å². The molecule has 1 rings (SSSR count). The lowest BCUT2D eigenvalue weighted by molar-refractivity contribution is -0.131. The average molecular weight is 238 g/mol. The number of hydrogen-bond acceptors (Lipinski definition) is 4. The molecular weight excluding hydrogens is 224 g/mol. The van der Waals surface area contributed by atoms with Crippen LogP contribution in [0.1, 0.15) is 22.8 Å². The van der Waals surface area contributed by atoms with E-state index in [9.17, 15) is 9.59 Å². The van der Waals surface area contributed by atoms with Crippen molar-refractivity contribution < 1.29 is 24.2 Å². The molecule has 0 aliphatic heterocycles. The number of carbonyl (C=O) groups is 2. The molecule has 0 spiro atoms. The van der Waals surface area contributed by atoms with E-state index in [2.05, 4.69) is 0 Å². The Morgan fingerprint density at radius 1 is 1.24 bits per heavy atom. The zero-order valence-electron chi connectivity index (χ0n) is 9.94. The van der Waals surface area contributed by atoms with Crippen molar-refractivity contribution in [3.05, 3.63) is 23.3 Å². The zero-order valence-corrected chi connectivity index (χ0v) is 9.94. The van der Waals surface area contributed by atoms with Gasteiger partial charge in [-0.25, -0.2) is 4.79 Å². The van der Waals surface area contributed by atoms with Crippen LogP contribution in [0.4, 0.5) is 0 Å². The second-order valence-corrected chi connectivity index (χ2v) is 3.37. The molecule has 0 radical (unpaired) electrons. The largest absolute Gasteiger partial charge is 0.493 e. The van der Waals surface area contributed by atoms with Crippen molar-refractivity contribution in [1.29, 1.82) is 0 Å². The molecule has 0 unspecified atom stereocenters. The quantitative estimate of drug-likeness (QED) is 0.622. The highest BCUT2D eigenvalue weighted by atomic mass is 16.5. The fourth-order valence-electron chi connectivity index (χ4n) is 1.51. The van der Waals surface area contributed by atoms with Crippen LogP contribution in [0, 0.1) is 0 Å². The number of Topliss-reactive ketones (excluding diaryl/α,β-unsaturated/α-hetero) is 1. The van der Waals surface area contributed by atoms with Gasteiger partial charge in [0.05, 0.1) is 19.8 Å². The first-order chi connectivity index (χ1) is 8.04. The topological polar surface area (TPSA) is 72.8 Å². The molecule has 5 heteroatoms. The number of methoxy groups -OCH3 is 2. The van der Waals surface area contributed by atoms with Gasteiger partial charge in [0, 0.05) is 0 Å². The van der Waals surface area contributed by atoms with Gasteiger partial charge < -0.3 is 14.6 Å². The van der Waals surface area contributed by atoms with Crippen LogP contribution in [0.15, 0.2) is 12.1 Å². The highest BCUT2D eigenvalue weighted by molar-refractivity contribution is 6.40. The Morgan fingerprint density at radius 2 is 1.88 bits per heavy atom. The van der Waals surface area contributed by atoms with Crippen LogP contribution < -0.4 is 9.47 Å². The number of aliphatic carboxylic acids is 1. The number of hydrogen-bond donors (Lipinski definition) is 1. The normalized spacial score (nSPS) is 9.82. The Morgan fingerprint density at radius 3 is 2.29 bits per heavy atom. The summed E-state index contributed by atoms with van der Waals surface area (Å²) in [5.41, 5.74) is 0.823. The highest BCUT2D eigenvalue weighted by Gasteiger charge is 2.23. The molecule has 0 fully saturated rings. The van der Waals surface area contributed by atoms with Gasteiger partial charge in [0.2, 0.25) is 0 Å². The van der Waals surface area contributed by atoms with Gasteiger partial charge in [0.1, 0.15) is 0 Å². The van der Waals surface area contributed by atoms with Gasteiger partial charge in [0.25, 0.3) is 5.78 Å². The maximum Gasteiger partial charge on any atom is 0.377 e. The lowest BCUT2D eigenvalue weighted by atomic mass is 10.0. The van der Waals surface area contributed by atoms with E-state index in [1.165, 1.54) is 20.3 Å². The fraction of sp³-hybridized carbons (Fsp3) is 0.333.